The first-order valence-electron chi connectivity index (χ1n) is 5.54. The number of thiazole rings is 1. The highest BCUT2D eigenvalue weighted by atomic mass is 35.5. The lowest BCUT2D eigenvalue weighted by Gasteiger charge is -2.13. The summed E-state index contributed by atoms with van der Waals surface area (Å²) in [5.74, 6) is -0.115. The van der Waals surface area contributed by atoms with Crippen molar-refractivity contribution in [3.05, 3.63) is 50.9 Å². The van der Waals surface area contributed by atoms with Gasteiger partial charge in [0.1, 0.15) is 0 Å². The van der Waals surface area contributed by atoms with Crippen molar-refractivity contribution in [3.63, 3.8) is 0 Å². The summed E-state index contributed by atoms with van der Waals surface area (Å²) in [6.45, 7) is 3.78. The Morgan fingerprint density at radius 2 is 2.28 bits per heavy atom. The largest absolute Gasteiger partial charge is 0.345 e. The molecule has 1 atom stereocenters. The lowest BCUT2D eigenvalue weighted by atomic mass is 10.1. The van der Waals surface area contributed by atoms with Crippen LogP contribution in [0.15, 0.2) is 29.9 Å². The summed E-state index contributed by atoms with van der Waals surface area (Å²) in [6, 6.07) is 5.28. The van der Waals surface area contributed by atoms with Crippen LogP contribution >= 0.6 is 22.9 Å². The second-order valence-corrected chi connectivity index (χ2v) is 5.34. The quantitative estimate of drug-likeness (QED) is 0.933. The number of nitrogens with one attached hydrogen (secondary N) is 1. The van der Waals surface area contributed by atoms with Crippen LogP contribution in [0.4, 0.5) is 0 Å². The highest BCUT2D eigenvalue weighted by Crippen LogP contribution is 2.21. The molecular formula is C13H13ClN2OS. The Hall–Kier alpha value is -1.39. The summed E-state index contributed by atoms with van der Waals surface area (Å²) in [5, 5.41) is 3.54. The van der Waals surface area contributed by atoms with Crippen molar-refractivity contribution < 1.29 is 4.79 Å². The van der Waals surface area contributed by atoms with E-state index in [2.05, 4.69) is 10.3 Å². The predicted molar refractivity (Wildman–Crippen MR) is 74.2 cm³/mol. The van der Waals surface area contributed by atoms with Crippen LogP contribution < -0.4 is 5.32 Å². The molecule has 1 N–H and O–H groups in total. The molecule has 18 heavy (non-hydrogen) atoms. The van der Waals surface area contributed by atoms with Crippen molar-refractivity contribution in [2.75, 3.05) is 0 Å². The van der Waals surface area contributed by atoms with E-state index in [9.17, 15) is 4.79 Å². The van der Waals surface area contributed by atoms with Crippen molar-refractivity contribution in [3.8, 4) is 0 Å². The molecule has 0 saturated carbocycles. The Balaban J connectivity index is 2.15. The Bertz CT molecular complexity index is 554. The standard InChI is InChI=1S/C13H13ClN2OS/c1-8-10(4-3-5-11(8)14)13(17)16-9(2)12-6-15-7-18-12/h3-7,9H,1-2H3,(H,16,17)/t9-/m0/s1. The maximum atomic E-state index is 12.1. The average Bonchev–Trinajstić information content (AvgIpc) is 2.86. The fourth-order valence-electron chi connectivity index (χ4n) is 1.64. The minimum atomic E-state index is -0.115. The van der Waals surface area contributed by atoms with Crippen molar-refractivity contribution in [2.24, 2.45) is 0 Å². The van der Waals surface area contributed by atoms with Crippen LogP contribution in [0.25, 0.3) is 0 Å². The van der Waals surface area contributed by atoms with Crippen LogP contribution in [-0.4, -0.2) is 10.9 Å². The molecule has 0 unspecified atom stereocenters. The van der Waals surface area contributed by atoms with Crippen molar-refractivity contribution in [1.29, 1.82) is 0 Å². The normalized spacial score (nSPS) is 12.2. The monoisotopic (exact) mass is 280 g/mol. The van der Waals surface area contributed by atoms with Crippen molar-refractivity contribution >= 4 is 28.8 Å². The first-order chi connectivity index (χ1) is 8.59. The molecule has 0 bridgehead atoms. The zero-order valence-corrected chi connectivity index (χ0v) is 11.7. The second-order valence-electron chi connectivity index (χ2n) is 4.01. The lowest BCUT2D eigenvalue weighted by molar-refractivity contribution is 0.0940. The molecule has 0 saturated heterocycles. The Labute approximate surface area is 115 Å². The van der Waals surface area contributed by atoms with Gasteiger partial charge in [-0.3, -0.25) is 9.78 Å². The smallest absolute Gasteiger partial charge is 0.252 e. The molecule has 94 valence electrons. The van der Waals surface area contributed by atoms with E-state index in [1.54, 1.807) is 29.9 Å². The number of rotatable bonds is 3. The highest BCUT2D eigenvalue weighted by molar-refractivity contribution is 7.09. The molecule has 0 aliphatic rings. The Morgan fingerprint density at radius 1 is 1.50 bits per heavy atom. The first-order valence-corrected chi connectivity index (χ1v) is 6.79. The Kier molecular flexibility index (Phi) is 3.99. The third-order valence-corrected chi connectivity index (χ3v) is 4.11. The van der Waals surface area contributed by atoms with Gasteiger partial charge in [0.15, 0.2) is 0 Å². The van der Waals surface area contributed by atoms with Gasteiger partial charge in [0.2, 0.25) is 0 Å². The van der Waals surface area contributed by atoms with Gasteiger partial charge in [-0.05, 0) is 31.5 Å². The predicted octanol–water partition coefficient (Wildman–Crippen LogP) is 3.60. The number of carbonyl (C=O) groups is 1. The fraction of sp³-hybridized carbons (Fsp3) is 0.231. The van der Waals surface area contributed by atoms with Gasteiger partial charge in [-0.2, -0.15) is 0 Å². The summed E-state index contributed by atoms with van der Waals surface area (Å²) < 4.78 is 0. The van der Waals surface area contributed by atoms with Gasteiger partial charge in [-0.1, -0.05) is 17.7 Å². The van der Waals surface area contributed by atoms with E-state index >= 15 is 0 Å². The highest BCUT2D eigenvalue weighted by Gasteiger charge is 2.15. The molecule has 0 aliphatic heterocycles. The second kappa shape index (κ2) is 5.50. The summed E-state index contributed by atoms with van der Waals surface area (Å²) in [5.41, 5.74) is 3.16. The van der Waals surface area contributed by atoms with Gasteiger partial charge < -0.3 is 5.32 Å². The minimum Gasteiger partial charge on any atom is -0.345 e. The lowest BCUT2D eigenvalue weighted by Crippen LogP contribution is -2.26. The van der Waals surface area contributed by atoms with Crippen molar-refractivity contribution in [1.82, 2.24) is 10.3 Å². The zero-order chi connectivity index (χ0) is 13.1. The molecular weight excluding hydrogens is 268 g/mol. The number of amides is 1. The maximum Gasteiger partial charge on any atom is 0.252 e. The van der Waals surface area contributed by atoms with Gasteiger partial charge in [0.25, 0.3) is 5.91 Å². The van der Waals surface area contributed by atoms with Gasteiger partial charge in [0, 0.05) is 21.7 Å². The molecule has 1 aromatic carbocycles. The van der Waals surface area contributed by atoms with Crippen LogP contribution in [-0.2, 0) is 0 Å². The summed E-state index contributed by atoms with van der Waals surface area (Å²) in [7, 11) is 0. The summed E-state index contributed by atoms with van der Waals surface area (Å²) in [4.78, 5) is 17.2. The molecule has 0 radical (unpaired) electrons. The van der Waals surface area contributed by atoms with E-state index in [4.69, 9.17) is 11.6 Å². The molecule has 5 heteroatoms. The van der Waals surface area contributed by atoms with Crippen LogP contribution in [0.1, 0.15) is 33.8 Å². The van der Waals surface area contributed by atoms with Crippen LogP contribution in [0.3, 0.4) is 0 Å². The maximum absolute atomic E-state index is 12.1. The van der Waals surface area contributed by atoms with Gasteiger partial charge in [-0.15, -0.1) is 11.3 Å². The summed E-state index contributed by atoms with van der Waals surface area (Å²) in [6.07, 6.45) is 1.76. The zero-order valence-electron chi connectivity index (χ0n) is 10.1. The SMILES string of the molecule is Cc1c(Cl)cccc1C(=O)N[C@@H](C)c1cncs1. The molecule has 0 aliphatic carbocycles. The molecule has 2 aromatic rings. The molecule has 2 rings (SSSR count). The van der Waals surface area contributed by atoms with Gasteiger partial charge in [-0.25, -0.2) is 0 Å². The van der Waals surface area contributed by atoms with Crippen molar-refractivity contribution in [2.45, 2.75) is 19.9 Å². The molecule has 3 nitrogen and oxygen atoms in total. The van der Waals surface area contributed by atoms with E-state index < -0.39 is 0 Å². The van der Waals surface area contributed by atoms with E-state index in [0.717, 1.165) is 10.4 Å². The minimum absolute atomic E-state index is 0.0524. The molecule has 0 spiro atoms. The van der Waals surface area contributed by atoms with Gasteiger partial charge >= 0.3 is 0 Å². The van der Waals surface area contributed by atoms with E-state index in [0.29, 0.717) is 10.6 Å². The first kappa shape index (κ1) is 13.1. The van der Waals surface area contributed by atoms with E-state index in [1.165, 1.54) is 11.3 Å². The van der Waals surface area contributed by atoms with Crippen LogP contribution in [0.2, 0.25) is 5.02 Å². The number of halogens is 1. The van der Waals surface area contributed by atoms with Gasteiger partial charge in [0.05, 0.1) is 11.6 Å². The number of carbonyl (C=O) groups excluding carboxylic acids is 1. The van der Waals surface area contributed by atoms with Crippen LogP contribution in [0.5, 0.6) is 0 Å². The third-order valence-electron chi connectivity index (χ3n) is 2.74. The molecule has 1 aromatic heterocycles. The van der Waals surface area contributed by atoms with E-state index in [-0.39, 0.29) is 11.9 Å². The number of aromatic nitrogens is 1. The topological polar surface area (TPSA) is 42.0 Å². The third kappa shape index (κ3) is 2.71. The summed E-state index contributed by atoms with van der Waals surface area (Å²) >= 11 is 7.53. The van der Waals surface area contributed by atoms with Crippen LogP contribution in [0, 0.1) is 6.92 Å². The molecule has 1 amide bonds. The number of nitrogens with zero attached hydrogens (tertiary/aromatic N) is 1. The molecule has 1 heterocycles. The fourth-order valence-corrected chi connectivity index (χ4v) is 2.44. The average molecular weight is 281 g/mol. The molecule has 0 fully saturated rings. The number of hydrogen-bond acceptors (Lipinski definition) is 3. The number of hydrogen-bond donors (Lipinski definition) is 1. The Morgan fingerprint density at radius 3 is 2.94 bits per heavy atom. The number of benzene rings is 1. The van der Waals surface area contributed by atoms with E-state index in [1.807, 2.05) is 13.8 Å².